The molecule has 1 nitrogen and oxygen atoms in total. The maximum atomic E-state index is 13.5. The fourth-order valence-corrected chi connectivity index (χ4v) is 7.58. The summed E-state index contributed by atoms with van der Waals surface area (Å²) in [6.07, 6.45) is 3.27. The average molecular weight is 533 g/mol. The van der Waals surface area contributed by atoms with Crippen LogP contribution >= 0.6 is 0 Å². The molecule has 0 aromatic heterocycles. The summed E-state index contributed by atoms with van der Waals surface area (Å²) in [6, 6.07) is 5.68. The van der Waals surface area contributed by atoms with Crippen molar-refractivity contribution in [2.45, 2.75) is 121 Å². The van der Waals surface area contributed by atoms with Crippen LogP contribution in [0.4, 0.5) is 26.3 Å². The fraction of sp³-hybridized carbons (Fsp3) is 0.800. The van der Waals surface area contributed by atoms with Crippen LogP contribution in [0.2, 0.25) is 0 Å². The maximum Gasteiger partial charge on any atom is 0.439 e. The predicted octanol–water partition coefficient (Wildman–Crippen LogP) is 10.2. The Hall–Kier alpha value is -1.40. The summed E-state index contributed by atoms with van der Waals surface area (Å²) in [5.41, 5.74) is 0.976. The zero-order valence-electron chi connectivity index (χ0n) is 21.9. The van der Waals surface area contributed by atoms with Gasteiger partial charge in [0.15, 0.2) is 0 Å². The highest BCUT2D eigenvalue weighted by Crippen LogP contribution is 2.47. The second kappa shape index (κ2) is 12.2. The number of ether oxygens (including phenoxy) is 1. The number of alkyl halides is 6. The highest BCUT2D eigenvalue weighted by Gasteiger charge is 2.59. The minimum atomic E-state index is -5.69. The largest absolute Gasteiger partial charge is 0.439 e. The molecule has 0 saturated heterocycles. The molecule has 0 amide bonds. The zero-order valence-corrected chi connectivity index (χ0v) is 21.9. The smallest absolute Gasteiger partial charge is 0.430 e. The van der Waals surface area contributed by atoms with E-state index in [1.807, 2.05) is 0 Å². The Morgan fingerprint density at radius 2 is 1.14 bits per heavy atom. The van der Waals surface area contributed by atoms with Gasteiger partial charge in [0.25, 0.3) is 6.17 Å². The summed E-state index contributed by atoms with van der Waals surface area (Å²) in [4.78, 5) is 0. The quantitative estimate of drug-likeness (QED) is 0.303. The van der Waals surface area contributed by atoms with Gasteiger partial charge >= 0.3 is 12.3 Å². The Bertz CT molecular complexity index is 813. The summed E-state index contributed by atoms with van der Waals surface area (Å²) in [5, 5.41) is 0. The summed E-state index contributed by atoms with van der Waals surface area (Å²) in [5.74, 6) is 4.24. The van der Waals surface area contributed by atoms with Gasteiger partial charge in [-0.05, 0) is 117 Å². The van der Waals surface area contributed by atoms with Crippen molar-refractivity contribution in [3.8, 4) is 5.75 Å². The molecule has 0 spiro atoms. The van der Waals surface area contributed by atoms with Gasteiger partial charge in [0, 0.05) is 0 Å². The molecule has 3 fully saturated rings. The lowest BCUT2D eigenvalue weighted by Gasteiger charge is -2.41. The van der Waals surface area contributed by atoms with Crippen LogP contribution in [0, 0.1) is 29.6 Å². The summed E-state index contributed by atoms with van der Waals surface area (Å²) >= 11 is 0. The van der Waals surface area contributed by atoms with Gasteiger partial charge in [0.05, 0.1) is 0 Å². The van der Waals surface area contributed by atoms with E-state index in [2.05, 4.69) is 11.7 Å². The van der Waals surface area contributed by atoms with E-state index in [0.29, 0.717) is 5.92 Å². The highest BCUT2D eigenvalue weighted by atomic mass is 19.4. The molecule has 37 heavy (non-hydrogen) atoms. The Balaban J connectivity index is 1.20. The zero-order chi connectivity index (χ0) is 26.6. The van der Waals surface area contributed by atoms with E-state index in [9.17, 15) is 26.3 Å². The topological polar surface area (TPSA) is 9.23 Å². The molecular formula is C30H42F6O. The molecular weight excluding hydrogens is 490 g/mol. The molecule has 3 saturated carbocycles. The Kier molecular flexibility index (Phi) is 9.43. The monoisotopic (exact) mass is 532 g/mol. The van der Waals surface area contributed by atoms with Crippen molar-refractivity contribution in [2.24, 2.45) is 29.6 Å². The molecule has 3 aliphatic carbocycles. The highest BCUT2D eigenvalue weighted by molar-refractivity contribution is 5.30. The first-order valence-corrected chi connectivity index (χ1v) is 14.4. The minimum absolute atomic E-state index is 0.310. The van der Waals surface area contributed by atoms with E-state index in [-0.39, 0.29) is 0 Å². The molecule has 1 unspecified atom stereocenters. The van der Waals surface area contributed by atoms with Gasteiger partial charge in [0.1, 0.15) is 5.75 Å². The van der Waals surface area contributed by atoms with Gasteiger partial charge in [-0.1, -0.05) is 44.7 Å². The van der Waals surface area contributed by atoms with Crippen LogP contribution in [-0.4, -0.2) is 18.5 Å². The normalized spacial score (nSPS) is 32.6. The van der Waals surface area contributed by atoms with Gasteiger partial charge in [-0.25, -0.2) is 4.39 Å². The van der Waals surface area contributed by atoms with Crippen molar-refractivity contribution in [1.29, 1.82) is 0 Å². The average Bonchev–Trinajstić information content (AvgIpc) is 2.89. The molecule has 1 atom stereocenters. The van der Waals surface area contributed by atoms with Crippen LogP contribution in [-0.2, 0) is 0 Å². The van der Waals surface area contributed by atoms with Gasteiger partial charge in [-0.15, -0.1) is 0 Å². The summed E-state index contributed by atoms with van der Waals surface area (Å²) < 4.78 is 81.2. The number of benzene rings is 1. The third-order valence-electron chi connectivity index (χ3n) is 9.70. The standard InChI is InChI=1S/C30H42F6O/c1-2-3-20-4-6-21(7-5-20)22-8-10-23(11-9-22)24-12-14-25(15-13-24)26-16-18-27(19-17-26)37-30(35,36)28(31)29(32,33)34/h16-25,28H,2-15H2,1H3. The van der Waals surface area contributed by atoms with E-state index in [1.54, 1.807) is 12.1 Å². The Morgan fingerprint density at radius 1 is 0.703 bits per heavy atom. The lowest BCUT2D eigenvalue weighted by atomic mass is 9.64. The Labute approximate surface area is 217 Å². The molecule has 0 N–H and O–H groups in total. The Morgan fingerprint density at radius 3 is 1.57 bits per heavy atom. The molecule has 0 bridgehead atoms. The third-order valence-corrected chi connectivity index (χ3v) is 9.70. The minimum Gasteiger partial charge on any atom is -0.430 e. The van der Waals surface area contributed by atoms with E-state index >= 15 is 0 Å². The predicted molar refractivity (Wildman–Crippen MR) is 133 cm³/mol. The maximum absolute atomic E-state index is 13.5. The lowest BCUT2D eigenvalue weighted by Crippen LogP contribution is -2.45. The van der Waals surface area contributed by atoms with Crippen molar-refractivity contribution < 1.29 is 31.1 Å². The van der Waals surface area contributed by atoms with Crippen molar-refractivity contribution in [1.82, 2.24) is 0 Å². The van der Waals surface area contributed by atoms with E-state index in [1.165, 1.54) is 76.3 Å². The van der Waals surface area contributed by atoms with Gasteiger partial charge < -0.3 is 4.74 Å². The van der Waals surface area contributed by atoms with Crippen LogP contribution in [0.3, 0.4) is 0 Å². The number of halogens is 6. The molecule has 7 heteroatoms. The van der Waals surface area contributed by atoms with Crippen LogP contribution < -0.4 is 4.74 Å². The number of rotatable bonds is 8. The first-order chi connectivity index (χ1) is 17.6. The van der Waals surface area contributed by atoms with Crippen molar-refractivity contribution in [3.63, 3.8) is 0 Å². The van der Waals surface area contributed by atoms with Crippen molar-refractivity contribution in [3.05, 3.63) is 29.8 Å². The molecule has 3 aliphatic rings. The van der Waals surface area contributed by atoms with Crippen molar-refractivity contribution in [2.75, 3.05) is 0 Å². The first kappa shape index (κ1) is 28.6. The van der Waals surface area contributed by atoms with E-state index < -0.39 is 24.2 Å². The third kappa shape index (κ3) is 7.38. The molecule has 4 rings (SSSR count). The fourth-order valence-electron chi connectivity index (χ4n) is 7.58. The lowest BCUT2D eigenvalue weighted by molar-refractivity contribution is -0.304. The van der Waals surface area contributed by atoms with Crippen LogP contribution in [0.15, 0.2) is 24.3 Å². The molecule has 0 radical (unpaired) electrons. The van der Waals surface area contributed by atoms with Gasteiger partial charge in [-0.3, -0.25) is 0 Å². The first-order valence-electron chi connectivity index (χ1n) is 14.4. The number of hydrogen-bond acceptors (Lipinski definition) is 1. The second-order valence-electron chi connectivity index (χ2n) is 12.0. The van der Waals surface area contributed by atoms with Crippen LogP contribution in [0.25, 0.3) is 0 Å². The molecule has 0 heterocycles. The molecule has 1 aromatic rings. The van der Waals surface area contributed by atoms with E-state index in [4.69, 9.17) is 0 Å². The van der Waals surface area contributed by atoms with Gasteiger partial charge in [0.2, 0.25) is 0 Å². The van der Waals surface area contributed by atoms with Crippen LogP contribution in [0.5, 0.6) is 5.75 Å². The second-order valence-corrected chi connectivity index (χ2v) is 12.0. The summed E-state index contributed by atoms with van der Waals surface area (Å²) in [6.45, 7) is 2.30. The van der Waals surface area contributed by atoms with Crippen molar-refractivity contribution >= 4 is 0 Å². The SMILES string of the molecule is CCCC1CCC(C2CCC(C3CCC(c4ccc(OC(F)(F)C(F)C(F)(F)F)cc4)CC3)CC2)CC1. The van der Waals surface area contributed by atoms with E-state index in [0.717, 1.165) is 60.8 Å². The van der Waals surface area contributed by atoms with Crippen LogP contribution in [0.1, 0.15) is 108 Å². The number of hydrogen-bond donors (Lipinski definition) is 0. The molecule has 1 aromatic carbocycles. The molecule has 0 aliphatic heterocycles. The molecule has 210 valence electrons. The van der Waals surface area contributed by atoms with Gasteiger partial charge in [-0.2, -0.15) is 22.0 Å². The summed E-state index contributed by atoms with van der Waals surface area (Å²) in [7, 11) is 0.